The van der Waals surface area contributed by atoms with Crippen LogP contribution >= 0.6 is 0 Å². The molecule has 0 radical (unpaired) electrons. The van der Waals surface area contributed by atoms with Gasteiger partial charge >= 0.3 is 0 Å². The second-order valence-electron chi connectivity index (χ2n) is 7.04. The van der Waals surface area contributed by atoms with E-state index in [1.807, 2.05) is 37.3 Å². The molecule has 2 aromatic carbocycles. The molecule has 0 spiro atoms. The number of amides is 1. The van der Waals surface area contributed by atoms with Crippen molar-refractivity contribution >= 4 is 22.5 Å². The van der Waals surface area contributed by atoms with Crippen LogP contribution < -0.4 is 10.9 Å². The van der Waals surface area contributed by atoms with E-state index in [9.17, 15) is 14.0 Å². The summed E-state index contributed by atoms with van der Waals surface area (Å²) in [5, 5.41) is 3.59. The summed E-state index contributed by atoms with van der Waals surface area (Å²) >= 11 is 0. The SMILES string of the molecule is Cc1cccc(NC(=O)Cn2ccc3ccn(Cc4cccc(F)c4)c3c2=O)c1. The highest BCUT2D eigenvalue weighted by atomic mass is 19.1. The molecular formula is C23H20FN3O2. The molecule has 2 heterocycles. The van der Waals surface area contributed by atoms with E-state index in [2.05, 4.69) is 5.32 Å². The summed E-state index contributed by atoms with van der Waals surface area (Å²) in [6, 6.07) is 17.4. The predicted molar refractivity (Wildman–Crippen MR) is 112 cm³/mol. The third-order valence-electron chi connectivity index (χ3n) is 4.75. The number of carbonyl (C=O) groups excluding carboxylic acids is 1. The number of nitrogens with one attached hydrogen (secondary N) is 1. The molecule has 0 aliphatic carbocycles. The molecule has 1 amide bonds. The minimum Gasteiger partial charge on any atom is -0.339 e. The monoisotopic (exact) mass is 389 g/mol. The predicted octanol–water partition coefficient (Wildman–Crippen LogP) is 3.94. The molecule has 0 atom stereocenters. The van der Waals surface area contributed by atoms with E-state index in [1.54, 1.807) is 35.2 Å². The van der Waals surface area contributed by atoms with Gasteiger partial charge in [-0.3, -0.25) is 9.59 Å². The number of aromatic nitrogens is 2. The van der Waals surface area contributed by atoms with Crippen molar-refractivity contribution in [1.82, 2.24) is 9.13 Å². The number of rotatable bonds is 5. The minimum absolute atomic E-state index is 0.0894. The van der Waals surface area contributed by atoms with E-state index in [0.717, 1.165) is 16.5 Å². The van der Waals surface area contributed by atoms with Crippen molar-refractivity contribution in [3.63, 3.8) is 0 Å². The number of nitrogens with zero attached hydrogens (tertiary/aromatic N) is 2. The summed E-state index contributed by atoms with van der Waals surface area (Å²) in [5.74, 6) is -0.593. The maximum atomic E-state index is 13.5. The second kappa shape index (κ2) is 7.75. The van der Waals surface area contributed by atoms with Gasteiger partial charge in [0, 0.05) is 30.0 Å². The minimum atomic E-state index is -0.316. The van der Waals surface area contributed by atoms with Gasteiger partial charge in [-0.25, -0.2) is 4.39 Å². The fourth-order valence-electron chi connectivity index (χ4n) is 3.41. The molecule has 0 unspecified atom stereocenters. The van der Waals surface area contributed by atoms with Crippen LogP contribution in [0.4, 0.5) is 10.1 Å². The third-order valence-corrected chi connectivity index (χ3v) is 4.75. The molecule has 1 N–H and O–H groups in total. The van der Waals surface area contributed by atoms with Gasteiger partial charge in [0.05, 0.1) is 0 Å². The molecule has 4 aromatic rings. The highest BCUT2D eigenvalue weighted by molar-refractivity contribution is 5.91. The van der Waals surface area contributed by atoms with Crippen molar-refractivity contribution in [3.05, 3.63) is 100 Å². The van der Waals surface area contributed by atoms with E-state index in [4.69, 9.17) is 0 Å². The van der Waals surface area contributed by atoms with Crippen LogP contribution in [0.25, 0.3) is 10.9 Å². The standard InChI is InChI=1S/C23H20FN3O2/c1-16-4-2-7-20(12-16)25-21(28)15-27-11-9-18-8-10-26(22(18)23(27)29)14-17-5-3-6-19(24)13-17/h2-13H,14-15H2,1H3,(H,25,28). The maximum absolute atomic E-state index is 13.5. The largest absolute Gasteiger partial charge is 0.339 e. The van der Waals surface area contributed by atoms with Crippen molar-refractivity contribution in [2.24, 2.45) is 0 Å². The number of hydrogen-bond donors (Lipinski definition) is 1. The summed E-state index contributed by atoms with van der Waals surface area (Å²) in [6.07, 6.45) is 3.42. The Balaban J connectivity index is 1.60. The fourth-order valence-corrected chi connectivity index (χ4v) is 3.41. The number of aryl methyl sites for hydroxylation is 1. The molecule has 0 bridgehead atoms. The van der Waals surface area contributed by atoms with E-state index >= 15 is 0 Å². The Labute approximate surface area is 167 Å². The first-order chi connectivity index (χ1) is 14.0. The molecule has 6 heteroatoms. The van der Waals surface area contributed by atoms with Gasteiger partial charge < -0.3 is 14.5 Å². The quantitative estimate of drug-likeness (QED) is 0.562. The van der Waals surface area contributed by atoms with Crippen LogP contribution in [0.5, 0.6) is 0 Å². The van der Waals surface area contributed by atoms with Gasteiger partial charge in [-0.05, 0) is 54.4 Å². The number of halogens is 1. The molecule has 2 aromatic heterocycles. The van der Waals surface area contributed by atoms with Gasteiger partial charge in [0.1, 0.15) is 17.9 Å². The first-order valence-corrected chi connectivity index (χ1v) is 9.29. The summed E-state index contributed by atoms with van der Waals surface area (Å²) in [5.41, 5.74) is 2.72. The first kappa shape index (κ1) is 18.7. The number of carbonyl (C=O) groups is 1. The maximum Gasteiger partial charge on any atom is 0.275 e. The number of benzene rings is 2. The lowest BCUT2D eigenvalue weighted by atomic mass is 10.2. The summed E-state index contributed by atoms with van der Waals surface area (Å²) in [7, 11) is 0. The first-order valence-electron chi connectivity index (χ1n) is 9.29. The Morgan fingerprint density at radius 3 is 2.52 bits per heavy atom. The van der Waals surface area contributed by atoms with Gasteiger partial charge in [-0.2, -0.15) is 0 Å². The molecule has 0 fully saturated rings. The van der Waals surface area contributed by atoms with E-state index in [-0.39, 0.29) is 23.8 Å². The van der Waals surface area contributed by atoms with Gasteiger partial charge in [-0.15, -0.1) is 0 Å². The van der Waals surface area contributed by atoms with Gasteiger partial charge in [0.15, 0.2) is 0 Å². The summed E-state index contributed by atoms with van der Waals surface area (Å²) in [4.78, 5) is 25.4. The van der Waals surface area contributed by atoms with E-state index < -0.39 is 0 Å². The van der Waals surface area contributed by atoms with Crippen LogP contribution in [0.15, 0.2) is 77.9 Å². The molecule has 5 nitrogen and oxygen atoms in total. The number of fused-ring (bicyclic) bond motifs is 1. The zero-order valence-electron chi connectivity index (χ0n) is 15.9. The van der Waals surface area contributed by atoms with E-state index in [1.165, 1.54) is 16.7 Å². The van der Waals surface area contributed by atoms with E-state index in [0.29, 0.717) is 17.7 Å². The normalized spacial score (nSPS) is 11.0. The Morgan fingerprint density at radius 1 is 1.00 bits per heavy atom. The fraction of sp³-hybridized carbons (Fsp3) is 0.130. The topological polar surface area (TPSA) is 56.0 Å². The highest BCUT2D eigenvalue weighted by Gasteiger charge is 2.11. The van der Waals surface area contributed by atoms with Crippen LogP contribution in [0.1, 0.15) is 11.1 Å². The Bertz CT molecular complexity index is 1260. The average molecular weight is 389 g/mol. The zero-order valence-corrected chi connectivity index (χ0v) is 15.9. The number of pyridine rings is 1. The van der Waals surface area contributed by atoms with Crippen LogP contribution in [0, 0.1) is 12.7 Å². The molecule has 4 rings (SSSR count). The van der Waals surface area contributed by atoms with Crippen LogP contribution in [0.3, 0.4) is 0 Å². The molecule has 0 saturated heterocycles. The average Bonchev–Trinajstić information content (AvgIpc) is 3.07. The van der Waals surface area contributed by atoms with Crippen LogP contribution in [-0.4, -0.2) is 15.0 Å². The van der Waals surface area contributed by atoms with Crippen molar-refractivity contribution in [3.8, 4) is 0 Å². The molecule has 0 aliphatic heterocycles. The zero-order chi connectivity index (χ0) is 20.4. The summed E-state index contributed by atoms with van der Waals surface area (Å²) in [6.45, 7) is 2.23. The molecule has 146 valence electrons. The van der Waals surface area contributed by atoms with Crippen molar-refractivity contribution in [1.29, 1.82) is 0 Å². The number of anilines is 1. The molecule has 0 aliphatic rings. The Hall–Kier alpha value is -3.67. The number of hydrogen-bond acceptors (Lipinski definition) is 2. The van der Waals surface area contributed by atoms with Crippen molar-refractivity contribution in [2.75, 3.05) is 5.32 Å². The van der Waals surface area contributed by atoms with Crippen molar-refractivity contribution in [2.45, 2.75) is 20.0 Å². The van der Waals surface area contributed by atoms with Gasteiger partial charge in [-0.1, -0.05) is 24.3 Å². The third kappa shape index (κ3) is 4.11. The molecule has 29 heavy (non-hydrogen) atoms. The smallest absolute Gasteiger partial charge is 0.275 e. The van der Waals surface area contributed by atoms with Crippen molar-refractivity contribution < 1.29 is 9.18 Å². The molecule has 0 saturated carbocycles. The second-order valence-corrected chi connectivity index (χ2v) is 7.04. The van der Waals surface area contributed by atoms with Gasteiger partial charge in [0.25, 0.3) is 5.56 Å². The molecular weight excluding hydrogens is 369 g/mol. The lowest BCUT2D eigenvalue weighted by molar-refractivity contribution is -0.116. The van der Waals surface area contributed by atoms with Crippen LogP contribution in [0.2, 0.25) is 0 Å². The highest BCUT2D eigenvalue weighted by Crippen LogP contribution is 2.15. The lowest BCUT2D eigenvalue weighted by Gasteiger charge is -2.10. The summed E-state index contributed by atoms with van der Waals surface area (Å²) < 4.78 is 16.6. The Morgan fingerprint density at radius 2 is 1.76 bits per heavy atom. The van der Waals surface area contributed by atoms with Crippen LogP contribution in [-0.2, 0) is 17.9 Å². The van der Waals surface area contributed by atoms with Gasteiger partial charge in [0.2, 0.25) is 5.91 Å². The Kier molecular flexibility index (Phi) is 4.99. The lowest BCUT2D eigenvalue weighted by Crippen LogP contribution is -2.28.